The number of nitrogens with zero attached hydrogens (tertiary/aromatic N) is 2. The molecule has 2 unspecified atom stereocenters. The summed E-state index contributed by atoms with van der Waals surface area (Å²) in [6, 6.07) is 1.63. The summed E-state index contributed by atoms with van der Waals surface area (Å²) in [6.45, 7) is 10.1. The van der Waals surface area contributed by atoms with E-state index in [1.54, 1.807) is 0 Å². The van der Waals surface area contributed by atoms with Gasteiger partial charge in [-0.15, -0.1) is 0 Å². The molecule has 2 aliphatic heterocycles. The van der Waals surface area contributed by atoms with E-state index < -0.39 is 0 Å². The molecular formula is C16H32N2. The first kappa shape index (κ1) is 14.3. The van der Waals surface area contributed by atoms with Gasteiger partial charge in [-0.2, -0.15) is 0 Å². The van der Waals surface area contributed by atoms with Gasteiger partial charge in [0.25, 0.3) is 0 Å². The van der Waals surface area contributed by atoms with Gasteiger partial charge in [0, 0.05) is 25.2 Å². The van der Waals surface area contributed by atoms with Crippen molar-refractivity contribution in [1.29, 1.82) is 0 Å². The lowest BCUT2D eigenvalue weighted by Crippen LogP contribution is -2.42. The van der Waals surface area contributed by atoms with Gasteiger partial charge >= 0.3 is 0 Å². The van der Waals surface area contributed by atoms with Crippen molar-refractivity contribution >= 4 is 0 Å². The molecule has 0 aromatic heterocycles. The first-order valence-corrected chi connectivity index (χ1v) is 8.25. The van der Waals surface area contributed by atoms with Crippen molar-refractivity contribution in [2.75, 3.05) is 26.2 Å². The van der Waals surface area contributed by atoms with E-state index in [0.29, 0.717) is 0 Å². The second-order valence-electron chi connectivity index (χ2n) is 6.47. The first-order valence-electron chi connectivity index (χ1n) is 8.25. The Morgan fingerprint density at radius 2 is 1.11 bits per heavy atom. The molecule has 2 aliphatic rings. The van der Waals surface area contributed by atoms with Gasteiger partial charge in [-0.1, -0.05) is 25.7 Å². The Kier molecular flexibility index (Phi) is 5.97. The van der Waals surface area contributed by atoms with Gasteiger partial charge < -0.3 is 0 Å². The Labute approximate surface area is 114 Å². The average Bonchev–Trinajstić information content (AvgIpc) is 2.68. The largest absolute Gasteiger partial charge is 0.299 e. The van der Waals surface area contributed by atoms with Gasteiger partial charge in [0.05, 0.1) is 0 Å². The Bertz CT molecular complexity index is 205. The van der Waals surface area contributed by atoms with Crippen LogP contribution in [0.1, 0.15) is 65.2 Å². The molecule has 0 amide bonds. The molecule has 2 nitrogen and oxygen atoms in total. The van der Waals surface area contributed by atoms with Crippen molar-refractivity contribution in [1.82, 2.24) is 9.80 Å². The fourth-order valence-electron chi connectivity index (χ4n) is 3.59. The fourth-order valence-corrected chi connectivity index (χ4v) is 3.59. The molecule has 2 rings (SSSR count). The number of hydrogen-bond acceptors (Lipinski definition) is 2. The average molecular weight is 252 g/mol. The quantitative estimate of drug-likeness (QED) is 0.758. The molecule has 18 heavy (non-hydrogen) atoms. The van der Waals surface area contributed by atoms with E-state index in [-0.39, 0.29) is 0 Å². The SMILES string of the molecule is CC1CCCCCN1CCN1CCCCCC1C. The molecule has 2 atom stereocenters. The van der Waals surface area contributed by atoms with Crippen molar-refractivity contribution in [3.05, 3.63) is 0 Å². The van der Waals surface area contributed by atoms with Crippen molar-refractivity contribution in [2.45, 2.75) is 77.3 Å². The van der Waals surface area contributed by atoms with Gasteiger partial charge in [-0.3, -0.25) is 9.80 Å². The number of hydrogen-bond donors (Lipinski definition) is 0. The minimum atomic E-state index is 0.815. The van der Waals surface area contributed by atoms with Gasteiger partial charge in [-0.05, 0) is 52.6 Å². The molecule has 0 aromatic carbocycles. The highest BCUT2D eigenvalue weighted by Crippen LogP contribution is 2.18. The van der Waals surface area contributed by atoms with Gasteiger partial charge in [0.2, 0.25) is 0 Å². The lowest BCUT2D eigenvalue weighted by atomic mass is 10.1. The van der Waals surface area contributed by atoms with Crippen molar-refractivity contribution in [3.8, 4) is 0 Å². The molecular weight excluding hydrogens is 220 g/mol. The van der Waals surface area contributed by atoms with Crippen LogP contribution in [-0.2, 0) is 0 Å². The molecule has 2 heterocycles. The van der Waals surface area contributed by atoms with Crippen LogP contribution >= 0.6 is 0 Å². The van der Waals surface area contributed by atoms with Crippen LogP contribution in [0, 0.1) is 0 Å². The van der Waals surface area contributed by atoms with Crippen molar-refractivity contribution < 1.29 is 0 Å². The van der Waals surface area contributed by atoms with Crippen LogP contribution in [0.15, 0.2) is 0 Å². The van der Waals surface area contributed by atoms with E-state index in [4.69, 9.17) is 0 Å². The lowest BCUT2D eigenvalue weighted by Gasteiger charge is -2.32. The molecule has 0 radical (unpaired) electrons. The van der Waals surface area contributed by atoms with Crippen LogP contribution in [0.2, 0.25) is 0 Å². The van der Waals surface area contributed by atoms with Gasteiger partial charge in [0.15, 0.2) is 0 Å². The molecule has 2 saturated heterocycles. The Morgan fingerprint density at radius 1 is 0.667 bits per heavy atom. The van der Waals surface area contributed by atoms with Crippen LogP contribution in [0.3, 0.4) is 0 Å². The highest BCUT2D eigenvalue weighted by atomic mass is 15.2. The summed E-state index contributed by atoms with van der Waals surface area (Å²) in [4.78, 5) is 5.48. The Morgan fingerprint density at radius 3 is 1.56 bits per heavy atom. The monoisotopic (exact) mass is 252 g/mol. The zero-order chi connectivity index (χ0) is 12.8. The third-order valence-electron chi connectivity index (χ3n) is 5.06. The summed E-state index contributed by atoms with van der Waals surface area (Å²) in [5.41, 5.74) is 0. The zero-order valence-electron chi connectivity index (χ0n) is 12.5. The number of rotatable bonds is 3. The van der Waals surface area contributed by atoms with Crippen LogP contribution < -0.4 is 0 Å². The minimum Gasteiger partial charge on any atom is -0.299 e. The van der Waals surface area contributed by atoms with E-state index in [9.17, 15) is 0 Å². The van der Waals surface area contributed by atoms with Crippen LogP contribution in [0.5, 0.6) is 0 Å². The smallest absolute Gasteiger partial charge is 0.0112 e. The third kappa shape index (κ3) is 4.24. The van der Waals surface area contributed by atoms with E-state index in [2.05, 4.69) is 23.6 Å². The molecule has 2 fully saturated rings. The maximum Gasteiger partial charge on any atom is 0.0112 e. The summed E-state index contributed by atoms with van der Waals surface area (Å²) in [5.74, 6) is 0. The molecule has 0 spiro atoms. The lowest BCUT2D eigenvalue weighted by molar-refractivity contribution is 0.148. The van der Waals surface area contributed by atoms with E-state index in [1.165, 1.54) is 77.5 Å². The molecule has 0 aromatic rings. The summed E-state index contributed by atoms with van der Waals surface area (Å²) >= 11 is 0. The zero-order valence-corrected chi connectivity index (χ0v) is 12.5. The second kappa shape index (κ2) is 7.49. The predicted octanol–water partition coefficient (Wildman–Crippen LogP) is 3.52. The third-order valence-corrected chi connectivity index (χ3v) is 5.06. The highest BCUT2D eigenvalue weighted by molar-refractivity contribution is 4.76. The van der Waals surface area contributed by atoms with Crippen molar-refractivity contribution in [2.24, 2.45) is 0 Å². The second-order valence-corrected chi connectivity index (χ2v) is 6.47. The summed E-state index contributed by atoms with van der Waals surface area (Å²) in [6.07, 6.45) is 11.4. The van der Waals surface area contributed by atoms with E-state index in [0.717, 1.165) is 12.1 Å². The van der Waals surface area contributed by atoms with E-state index >= 15 is 0 Å². The summed E-state index contributed by atoms with van der Waals surface area (Å²) < 4.78 is 0. The van der Waals surface area contributed by atoms with Gasteiger partial charge in [-0.25, -0.2) is 0 Å². The molecule has 0 aliphatic carbocycles. The Balaban J connectivity index is 1.77. The fraction of sp³-hybridized carbons (Fsp3) is 1.00. The summed E-state index contributed by atoms with van der Waals surface area (Å²) in [5, 5.41) is 0. The van der Waals surface area contributed by atoms with Gasteiger partial charge in [0.1, 0.15) is 0 Å². The molecule has 0 saturated carbocycles. The normalized spacial score (nSPS) is 33.0. The van der Waals surface area contributed by atoms with Crippen LogP contribution in [-0.4, -0.2) is 48.1 Å². The number of likely N-dealkylation sites (tertiary alicyclic amines) is 2. The van der Waals surface area contributed by atoms with Crippen LogP contribution in [0.4, 0.5) is 0 Å². The molecule has 0 bridgehead atoms. The van der Waals surface area contributed by atoms with Crippen LogP contribution in [0.25, 0.3) is 0 Å². The predicted molar refractivity (Wildman–Crippen MR) is 79.0 cm³/mol. The summed E-state index contributed by atoms with van der Waals surface area (Å²) in [7, 11) is 0. The highest BCUT2D eigenvalue weighted by Gasteiger charge is 2.20. The standard InChI is InChI=1S/C16H32N2/c1-15-9-5-3-7-11-17(15)13-14-18-12-8-4-6-10-16(18)2/h15-16H,3-14H2,1-2H3. The topological polar surface area (TPSA) is 6.48 Å². The van der Waals surface area contributed by atoms with E-state index in [1.807, 2.05) is 0 Å². The molecule has 0 N–H and O–H groups in total. The van der Waals surface area contributed by atoms with Crippen molar-refractivity contribution in [3.63, 3.8) is 0 Å². The molecule has 2 heteroatoms. The maximum atomic E-state index is 2.74. The Hall–Kier alpha value is -0.0800. The first-order chi connectivity index (χ1) is 8.77. The maximum absolute atomic E-state index is 2.74. The molecule has 106 valence electrons. The minimum absolute atomic E-state index is 0.815.